The summed E-state index contributed by atoms with van der Waals surface area (Å²) in [5, 5.41) is 9.64. The van der Waals surface area contributed by atoms with Crippen LogP contribution in [0, 0.1) is 18.5 Å². The van der Waals surface area contributed by atoms with Gasteiger partial charge < -0.3 is 0 Å². The Morgan fingerprint density at radius 1 is 0.614 bits per heavy atom. The Bertz CT molecular complexity index is 2120. The molecule has 0 N–H and O–H groups in total. The average molecular weight is 683 g/mol. The standard InChI is InChI=1S/C40H33IN3/c1-3-40(4-2)41(37-22-20-32(30-14-6-5-7-15-30)26-35(37)39-19-10-11-24-44(39)41)36-18-9-8-17-34(36)38-23-21-33(28-43(38)40)31-16-12-13-29(25-31)27-42/h5-26,28H,3-4H2,1-2H3/q+1. The predicted octanol–water partition coefficient (Wildman–Crippen LogP) is 5.26. The van der Waals surface area contributed by atoms with E-state index in [1.54, 1.807) is 0 Å². The third kappa shape index (κ3) is 3.53. The molecule has 0 bridgehead atoms. The first-order valence-electron chi connectivity index (χ1n) is 15.3. The molecule has 2 aliphatic heterocycles. The maximum atomic E-state index is 9.64. The maximum absolute atomic E-state index is 9.64. The molecule has 1 unspecified atom stereocenters. The monoisotopic (exact) mass is 682 g/mol. The molecule has 4 heteroatoms. The molecule has 0 radical (unpaired) electrons. The van der Waals surface area contributed by atoms with Crippen molar-refractivity contribution >= 4 is 0 Å². The molecule has 6 aromatic rings. The number of nitrogens with zero attached hydrogens (tertiary/aromatic N) is 3. The van der Waals surface area contributed by atoms with Crippen LogP contribution in [0.25, 0.3) is 44.8 Å². The van der Waals surface area contributed by atoms with Gasteiger partial charge in [-0.25, -0.2) is 0 Å². The van der Waals surface area contributed by atoms with Crippen molar-refractivity contribution in [1.29, 1.82) is 5.26 Å². The van der Waals surface area contributed by atoms with Crippen LogP contribution in [0.4, 0.5) is 0 Å². The van der Waals surface area contributed by atoms with Crippen LogP contribution >= 0.6 is 0 Å². The second-order valence-corrected chi connectivity index (χ2v) is 19.9. The van der Waals surface area contributed by atoms with Gasteiger partial charge in [0.2, 0.25) is 0 Å². The minimum absolute atomic E-state index is 0.140. The molecule has 0 fully saturated rings. The van der Waals surface area contributed by atoms with Crippen LogP contribution in [0.1, 0.15) is 32.3 Å². The van der Waals surface area contributed by atoms with Crippen LogP contribution in [-0.4, -0.2) is 0 Å². The molecule has 4 aromatic carbocycles. The normalized spacial score (nSPS) is 18.3. The van der Waals surface area contributed by atoms with Gasteiger partial charge in [0.05, 0.1) is 0 Å². The van der Waals surface area contributed by atoms with Gasteiger partial charge in [-0.3, -0.25) is 0 Å². The fourth-order valence-electron chi connectivity index (χ4n) is 7.48. The zero-order valence-corrected chi connectivity index (χ0v) is 27.1. The first kappa shape index (κ1) is 27.0. The van der Waals surface area contributed by atoms with E-state index >= 15 is 0 Å². The summed E-state index contributed by atoms with van der Waals surface area (Å²) in [6.07, 6.45) is 6.78. The number of fused-ring (bicyclic) bond motifs is 9. The van der Waals surface area contributed by atoms with Crippen molar-refractivity contribution in [3.05, 3.63) is 152 Å². The third-order valence-electron chi connectivity index (χ3n) is 9.47. The van der Waals surface area contributed by atoms with Gasteiger partial charge in [0.1, 0.15) is 0 Å². The molecule has 1 atom stereocenters. The third-order valence-corrected chi connectivity index (χ3v) is 22.1. The fraction of sp³-hybridized carbons (Fsp3) is 0.125. The number of benzene rings is 4. The van der Waals surface area contributed by atoms with E-state index in [0.717, 1.165) is 24.0 Å². The molecule has 0 saturated heterocycles. The van der Waals surface area contributed by atoms with Crippen LogP contribution in [0.5, 0.6) is 0 Å². The van der Waals surface area contributed by atoms with Gasteiger partial charge in [-0.1, -0.05) is 0 Å². The number of halogens is 1. The number of hydrogen-bond acceptors (Lipinski definition) is 1. The van der Waals surface area contributed by atoms with Gasteiger partial charge in [-0.2, -0.15) is 0 Å². The van der Waals surface area contributed by atoms with Gasteiger partial charge in [0.15, 0.2) is 0 Å². The molecule has 0 saturated carbocycles. The van der Waals surface area contributed by atoms with E-state index in [2.05, 4.69) is 149 Å². The van der Waals surface area contributed by atoms with E-state index in [-0.39, 0.29) is 3.55 Å². The SMILES string of the molecule is CCC1(CC)[n+]2cc(-c3cccc(C#N)c3)ccc2-c2ccccc2[I-]12c1ccc(-c3ccccc3)cc1-c1cccc[n+]12. The van der Waals surface area contributed by atoms with E-state index < -0.39 is 18.7 Å². The van der Waals surface area contributed by atoms with Crippen molar-refractivity contribution < 1.29 is 26.1 Å². The van der Waals surface area contributed by atoms with Crippen LogP contribution in [0.3, 0.4) is 0 Å². The van der Waals surface area contributed by atoms with Crippen LogP contribution in [0.2, 0.25) is 0 Å². The Balaban J connectivity index is 1.48. The van der Waals surface area contributed by atoms with Crippen LogP contribution < -0.4 is 26.1 Å². The molecule has 44 heavy (non-hydrogen) atoms. The summed E-state index contributed by atoms with van der Waals surface area (Å²) in [6, 6.07) is 48.8. The zero-order valence-electron chi connectivity index (χ0n) is 24.9. The van der Waals surface area contributed by atoms with E-state index in [1.807, 2.05) is 18.2 Å². The van der Waals surface area contributed by atoms with Crippen molar-refractivity contribution in [3.8, 4) is 50.8 Å². The van der Waals surface area contributed by atoms with E-state index in [1.165, 1.54) is 40.8 Å². The summed E-state index contributed by atoms with van der Waals surface area (Å²) in [7, 11) is 0. The Labute approximate surface area is 263 Å². The van der Waals surface area contributed by atoms with Gasteiger partial charge >= 0.3 is 265 Å². The summed E-state index contributed by atoms with van der Waals surface area (Å²) >= 11 is -3.42. The van der Waals surface area contributed by atoms with Crippen LogP contribution in [0.15, 0.2) is 140 Å². The Morgan fingerprint density at radius 3 is 2.14 bits per heavy atom. The topological polar surface area (TPSA) is 31.5 Å². The average Bonchev–Trinajstić information content (AvgIpc) is 3.40. The van der Waals surface area contributed by atoms with Gasteiger partial charge in [0, 0.05) is 0 Å². The van der Waals surface area contributed by atoms with E-state index in [9.17, 15) is 5.26 Å². The van der Waals surface area contributed by atoms with Gasteiger partial charge in [-0.05, 0) is 0 Å². The van der Waals surface area contributed by atoms with E-state index in [0.29, 0.717) is 5.56 Å². The molecular weight excluding hydrogens is 649 g/mol. The molecule has 214 valence electrons. The quantitative estimate of drug-likeness (QED) is 0.142. The molecule has 2 aromatic heterocycles. The van der Waals surface area contributed by atoms with Crippen molar-refractivity contribution in [2.45, 2.75) is 30.2 Å². The van der Waals surface area contributed by atoms with Crippen molar-refractivity contribution in [3.63, 3.8) is 0 Å². The summed E-state index contributed by atoms with van der Waals surface area (Å²) in [4.78, 5) is 0. The van der Waals surface area contributed by atoms with Gasteiger partial charge in [-0.15, -0.1) is 0 Å². The van der Waals surface area contributed by atoms with Gasteiger partial charge in [0.25, 0.3) is 0 Å². The van der Waals surface area contributed by atoms with Crippen molar-refractivity contribution in [2.75, 3.05) is 0 Å². The number of pyridine rings is 2. The molecule has 4 heterocycles. The molecule has 0 amide bonds. The second kappa shape index (κ2) is 10.2. The molecule has 8 rings (SSSR count). The number of rotatable bonds is 4. The molecule has 2 aliphatic rings. The first-order valence-corrected chi connectivity index (χ1v) is 19.5. The number of aromatic nitrogens is 2. The number of nitriles is 1. The Morgan fingerprint density at radius 2 is 1.32 bits per heavy atom. The first-order chi connectivity index (χ1) is 21.7. The predicted molar refractivity (Wildman–Crippen MR) is 171 cm³/mol. The fourth-order valence-corrected chi connectivity index (χ4v) is 21.6. The Kier molecular flexibility index (Phi) is 6.28. The number of hydrogen-bond donors (Lipinski definition) is 0. The zero-order chi connectivity index (χ0) is 29.9. The van der Waals surface area contributed by atoms with Crippen molar-refractivity contribution in [2.24, 2.45) is 0 Å². The molecule has 0 aliphatic carbocycles. The second-order valence-electron chi connectivity index (χ2n) is 11.5. The summed E-state index contributed by atoms with van der Waals surface area (Å²) < 4.78 is 8.31. The summed E-state index contributed by atoms with van der Waals surface area (Å²) in [5.74, 6) is 0. The van der Waals surface area contributed by atoms with Crippen LogP contribution in [-0.2, 0) is 3.55 Å². The summed E-state index contributed by atoms with van der Waals surface area (Å²) in [5.41, 5.74) is 10.7. The molecule has 3 nitrogen and oxygen atoms in total. The minimum atomic E-state index is -3.42. The van der Waals surface area contributed by atoms with E-state index in [4.69, 9.17) is 0 Å². The molecule has 1 spiro atoms. The summed E-state index contributed by atoms with van der Waals surface area (Å²) in [6.45, 7) is 4.78. The Hall–Kier alpha value is -4.60. The molecular formula is C40H33IN3+. The van der Waals surface area contributed by atoms with Crippen molar-refractivity contribution in [1.82, 2.24) is 0 Å². The number of alkyl halides is 1.